The molecule has 3 rings (SSSR count). The third-order valence-corrected chi connectivity index (χ3v) is 6.94. The second kappa shape index (κ2) is 7.56. The van der Waals surface area contributed by atoms with Crippen LogP contribution in [0.5, 0.6) is 5.75 Å². The summed E-state index contributed by atoms with van der Waals surface area (Å²) in [6.45, 7) is 2.20. The summed E-state index contributed by atoms with van der Waals surface area (Å²) in [6.07, 6.45) is 0.816. The van der Waals surface area contributed by atoms with Gasteiger partial charge in [0, 0.05) is 22.7 Å². The van der Waals surface area contributed by atoms with Crippen molar-refractivity contribution in [2.24, 2.45) is 0 Å². The highest BCUT2D eigenvalue weighted by atomic mass is 35.7. The van der Waals surface area contributed by atoms with E-state index in [4.69, 9.17) is 15.4 Å². The first-order valence-corrected chi connectivity index (χ1v) is 10.8. The van der Waals surface area contributed by atoms with Crippen LogP contribution >= 0.6 is 22.0 Å². The minimum Gasteiger partial charge on any atom is -0.493 e. The fraction of sp³-hybridized carbons (Fsp3) is 0.167. The Bertz CT molecular complexity index is 969. The third-order valence-electron chi connectivity index (χ3n) is 3.56. The van der Waals surface area contributed by atoms with E-state index in [0.717, 1.165) is 29.1 Å². The van der Waals surface area contributed by atoms with Gasteiger partial charge in [-0.25, -0.2) is 13.4 Å². The highest BCUT2D eigenvalue weighted by Crippen LogP contribution is 2.34. The summed E-state index contributed by atoms with van der Waals surface area (Å²) in [4.78, 5) is 4.32. The zero-order valence-corrected chi connectivity index (χ0v) is 15.9. The molecule has 7 heteroatoms. The first-order chi connectivity index (χ1) is 11.9. The number of rotatable bonds is 6. The minimum atomic E-state index is -3.78. The summed E-state index contributed by atoms with van der Waals surface area (Å²) < 4.78 is 29.0. The van der Waals surface area contributed by atoms with Crippen molar-refractivity contribution in [3.8, 4) is 16.3 Å². The summed E-state index contributed by atoms with van der Waals surface area (Å²) in [5.74, 6) is 0.719. The number of halogens is 1. The van der Waals surface area contributed by atoms with Crippen molar-refractivity contribution in [2.75, 3.05) is 6.61 Å². The molecule has 0 aliphatic heterocycles. The van der Waals surface area contributed by atoms with Gasteiger partial charge in [-0.2, -0.15) is 0 Å². The van der Waals surface area contributed by atoms with E-state index in [0.29, 0.717) is 17.3 Å². The van der Waals surface area contributed by atoms with Gasteiger partial charge in [0.15, 0.2) is 4.21 Å². The number of hydrogen-bond acceptors (Lipinski definition) is 5. The van der Waals surface area contributed by atoms with E-state index in [9.17, 15) is 8.42 Å². The number of ether oxygens (including phenoxy) is 1. The van der Waals surface area contributed by atoms with E-state index in [1.54, 1.807) is 6.92 Å². The molecule has 25 heavy (non-hydrogen) atoms. The molecule has 0 radical (unpaired) electrons. The zero-order valence-electron chi connectivity index (χ0n) is 13.5. The molecule has 0 amide bonds. The Morgan fingerprint density at radius 3 is 2.56 bits per heavy atom. The van der Waals surface area contributed by atoms with Crippen LogP contribution in [0.3, 0.4) is 0 Å². The number of thiazole rings is 1. The van der Waals surface area contributed by atoms with Gasteiger partial charge in [-0.15, -0.1) is 11.3 Å². The lowest BCUT2D eigenvalue weighted by Gasteiger charge is -2.07. The van der Waals surface area contributed by atoms with Crippen molar-refractivity contribution < 1.29 is 13.2 Å². The van der Waals surface area contributed by atoms with Crippen molar-refractivity contribution in [3.63, 3.8) is 0 Å². The van der Waals surface area contributed by atoms with Gasteiger partial charge in [0.2, 0.25) is 0 Å². The standard InChI is InChI=1S/C18H16ClNO3S2/c1-13-18(25(19,21)22)24-17(20-13)15-8-5-9-16(12-15)23-11-10-14-6-3-2-4-7-14/h2-9,12H,10-11H2,1H3. The van der Waals surface area contributed by atoms with E-state index < -0.39 is 9.05 Å². The van der Waals surface area contributed by atoms with Crippen LogP contribution in [0.25, 0.3) is 10.6 Å². The molecule has 0 saturated heterocycles. The predicted molar refractivity (Wildman–Crippen MR) is 101 cm³/mol. The molecule has 0 unspecified atom stereocenters. The Kier molecular flexibility index (Phi) is 5.42. The first-order valence-electron chi connectivity index (χ1n) is 7.63. The summed E-state index contributed by atoms with van der Waals surface area (Å²) in [7, 11) is 1.66. The maximum absolute atomic E-state index is 11.6. The molecular weight excluding hydrogens is 378 g/mol. The third kappa shape index (κ3) is 4.60. The number of aryl methyl sites for hydroxylation is 1. The Balaban J connectivity index is 1.73. The quantitative estimate of drug-likeness (QED) is 0.571. The normalized spacial score (nSPS) is 11.4. The second-order valence-electron chi connectivity index (χ2n) is 5.44. The molecule has 0 aliphatic carbocycles. The van der Waals surface area contributed by atoms with E-state index in [-0.39, 0.29) is 4.21 Å². The first kappa shape index (κ1) is 17.9. The van der Waals surface area contributed by atoms with Gasteiger partial charge in [-0.05, 0) is 24.6 Å². The number of nitrogens with zero attached hydrogens (tertiary/aromatic N) is 1. The molecular formula is C18H16ClNO3S2. The molecule has 3 aromatic rings. The van der Waals surface area contributed by atoms with Crippen molar-refractivity contribution >= 4 is 31.1 Å². The molecule has 0 saturated carbocycles. The molecule has 2 aromatic carbocycles. The number of benzene rings is 2. The number of hydrogen-bond donors (Lipinski definition) is 0. The molecule has 1 aromatic heterocycles. The predicted octanol–water partition coefficient (Wildman–Crippen LogP) is 4.67. The van der Waals surface area contributed by atoms with Gasteiger partial charge >= 0.3 is 0 Å². The van der Waals surface area contributed by atoms with Crippen molar-refractivity contribution in [1.82, 2.24) is 4.98 Å². The molecule has 0 N–H and O–H groups in total. The SMILES string of the molecule is Cc1nc(-c2cccc(OCCc3ccccc3)c2)sc1S(=O)(=O)Cl. The fourth-order valence-electron chi connectivity index (χ4n) is 2.38. The zero-order chi connectivity index (χ0) is 17.9. The molecule has 0 fully saturated rings. The lowest BCUT2D eigenvalue weighted by atomic mass is 10.2. The largest absolute Gasteiger partial charge is 0.493 e. The molecule has 130 valence electrons. The topological polar surface area (TPSA) is 56.3 Å². The molecule has 0 bridgehead atoms. The van der Waals surface area contributed by atoms with Gasteiger partial charge in [0.1, 0.15) is 10.8 Å². The number of aromatic nitrogens is 1. The van der Waals surface area contributed by atoms with E-state index in [1.165, 1.54) is 5.56 Å². The summed E-state index contributed by atoms with van der Waals surface area (Å²) >= 11 is 1.06. The fourth-order valence-corrected chi connectivity index (χ4v) is 4.83. The summed E-state index contributed by atoms with van der Waals surface area (Å²) in [5.41, 5.74) is 2.42. The minimum absolute atomic E-state index is 0.0829. The average molecular weight is 394 g/mol. The Hall–Kier alpha value is -1.89. The molecule has 1 heterocycles. The highest BCUT2D eigenvalue weighted by molar-refractivity contribution is 8.15. The van der Waals surface area contributed by atoms with E-state index in [2.05, 4.69) is 17.1 Å². The summed E-state index contributed by atoms with van der Waals surface area (Å²) in [6, 6.07) is 17.6. The van der Waals surface area contributed by atoms with Gasteiger partial charge in [-0.1, -0.05) is 42.5 Å². The van der Waals surface area contributed by atoms with Crippen LogP contribution in [0, 0.1) is 6.92 Å². The highest BCUT2D eigenvalue weighted by Gasteiger charge is 2.20. The second-order valence-corrected chi connectivity index (χ2v) is 9.20. The lowest BCUT2D eigenvalue weighted by Crippen LogP contribution is -2.01. The van der Waals surface area contributed by atoms with Crippen molar-refractivity contribution in [3.05, 3.63) is 65.9 Å². The molecule has 4 nitrogen and oxygen atoms in total. The van der Waals surface area contributed by atoms with Crippen molar-refractivity contribution in [2.45, 2.75) is 17.6 Å². The van der Waals surface area contributed by atoms with Crippen LogP contribution in [0.15, 0.2) is 58.8 Å². The van der Waals surface area contributed by atoms with Gasteiger partial charge in [-0.3, -0.25) is 0 Å². The maximum Gasteiger partial charge on any atom is 0.272 e. The van der Waals surface area contributed by atoms with Crippen LogP contribution in [-0.4, -0.2) is 20.0 Å². The Morgan fingerprint density at radius 1 is 1.12 bits per heavy atom. The summed E-state index contributed by atoms with van der Waals surface area (Å²) in [5, 5.41) is 0.602. The smallest absolute Gasteiger partial charge is 0.272 e. The lowest BCUT2D eigenvalue weighted by molar-refractivity contribution is 0.322. The van der Waals surface area contributed by atoms with E-state index >= 15 is 0 Å². The van der Waals surface area contributed by atoms with Crippen LogP contribution in [0.2, 0.25) is 0 Å². The monoisotopic (exact) mass is 393 g/mol. The molecule has 0 aliphatic rings. The Morgan fingerprint density at radius 2 is 1.88 bits per heavy atom. The maximum atomic E-state index is 11.6. The van der Waals surface area contributed by atoms with Crippen molar-refractivity contribution in [1.29, 1.82) is 0 Å². The molecule has 0 atom stereocenters. The van der Waals surface area contributed by atoms with E-state index in [1.807, 2.05) is 42.5 Å². The van der Waals surface area contributed by atoms with Crippen LogP contribution in [0.4, 0.5) is 0 Å². The average Bonchev–Trinajstić information content (AvgIpc) is 2.98. The van der Waals surface area contributed by atoms with Gasteiger partial charge in [0.25, 0.3) is 9.05 Å². The van der Waals surface area contributed by atoms with Crippen LogP contribution in [-0.2, 0) is 15.5 Å². The van der Waals surface area contributed by atoms with Gasteiger partial charge in [0.05, 0.1) is 12.3 Å². The van der Waals surface area contributed by atoms with Gasteiger partial charge < -0.3 is 4.74 Å². The van der Waals surface area contributed by atoms with Crippen LogP contribution < -0.4 is 4.74 Å². The molecule has 0 spiro atoms. The Labute approximate surface area is 155 Å². The van der Waals surface area contributed by atoms with Crippen LogP contribution in [0.1, 0.15) is 11.3 Å².